The van der Waals surface area contributed by atoms with E-state index in [2.05, 4.69) is 19.9 Å². The first-order valence-corrected chi connectivity index (χ1v) is 6.42. The van der Waals surface area contributed by atoms with Crippen LogP contribution in [0.5, 0.6) is 5.88 Å². The van der Waals surface area contributed by atoms with Crippen molar-refractivity contribution >= 4 is 28.4 Å². The molecule has 0 saturated heterocycles. The van der Waals surface area contributed by atoms with E-state index in [1.807, 2.05) is 17.7 Å². The molecule has 0 aliphatic heterocycles. The SMILES string of the molecule is COc1ncnc2c1nc(N)n2Cc1cnc(C)s1. The second kappa shape index (κ2) is 4.47. The largest absolute Gasteiger partial charge is 0.479 e. The van der Waals surface area contributed by atoms with Gasteiger partial charge in [0.15, 0.2) is 11.2 Å². The number of anilines is 1. The lowest BCUT2D eigenvalue weighted by Crippen LogP contribution is -2.04. The van der Waals surface area contributed by atoms with E-state index in [4.69, 9.17) is 10.5 Å². The van der Waals surface area contributed by atoms with Crippen molar-refractivity contribution in [3.63, 3.8) is 0 Å². The van der Waals surface area contributed by atoms with Crippen LogP contribution in [-0.4, -0.2) is 31.6 Å². The molecule has 0 radical (unpaired) electrons. The number of nitrogen functional groups attached to an aromatic ring is 1. The lowest BCUT2D eigenvalue weighted by molar-refractivity contribution is 0.401. The summed E-state index contributed by atoms with van der Waals surface area (Å²) in [6, 6.07) is 0. The number of methoxy groups -OCH3 is 1. The second-order valence-corrected chi connectivity index (χ2v) is 5.28. The molecule has 3 aromatic rings. The minimum absolute atomic E-state index is 0.389. The molecule has 0 unspecified atom stereocenters. The molecule has 0 aliphatic carbocycles. The number of hydrogen-bond donors (Lipinski definition) is 1. The van der Waals surface area contributed by atoms with Crippen LogP contribution in [0.1, 0.15) is 9.88 Å². The van der Waals surface area contributed by atoms with Crippen LogP contribution in [0, 0.1) is 6.92 Å². The summed E-state index contributed by atoms with van der Waals surface area (Å²) < 4.78 is 6.98. The summed E-state index contributed by atoms with van der Waals surface area (Å²) in [6.45, 7) is 2.56. The quantitative estimate of drug-likeness (QED) is 0.773. The highest BCUT2D eigenvalue weighted by atomic mass is 32.1. The van der Waals surface area contributed by atoms with Gasteiger partial charge in [-0.15, -0.1) is 11.3 Å². The van der Waals surface area contributed by atoms with Crippen LogP contribution in [-0.2, 0) is 6.54 Å². The number of ether oxygens (including phenoxy) is 1. The Kier molecular flexibility index (Phi) is 2.79. The van der Waals surface area contributed by atoms with E-state index in [-0.39, 0.29) is 0 Å². The molecule has 0 aromatic carbocycles. The number of aryl methyl sites for hydroxylation is 1. The number of hydrogen-bond acceptors (Lipinski definition) is 7. The van der Waals surface area contributed by atoms with Crippen molar-refractivity contribution in [3.8, 4) is 5.88 Å². The van der Waals surface area contributed by atoms with E-state index < -0.39 is 0 Å². The van der Waals surface area contributed by atoms with E-state index in [1.165, 1.54) is 6.33 Å². The van der Waals surface area contributed by atoms with E-state index in [9.17, 15) is 0 Å². The van der Waals surface area contributed by atoms with Gasteiger partial charge in [0.25, 0.3) is 0 Å². The molecule has 0 amide bonds. The number of nitrogens with two attached hydrogens (primary N) is 1. The molecule has 0 aliphatic rings. The lowest BCUT2D eigenvalue weighted by atomic mass is 10.5. The van der Waals surface area contributed by atoms with Crippen LogP contribution in [0.2, 0.25) is 0 Å². The first kappa shape index (κ1) is 11.8. The Bertz CT molecular complexity index is 734. The standard InChI is InChI=1S/C11H12N6OS/c1-6-13-3-7(19-6)4-17-9-8(16-11(17)12)10(18-2)15-5-14-9/h3,5H,4H2,1-2H3,(H2,12,16). The maximum Gasteiger partial charge on any atom is 0.245 e. The normalized spacial score (nSPS) is 11.1. The molecule has 3 heterocycles. The fourth-order valence-electron chi connectivity index (χ4n) is 1.87. The molecule has 98 valence electrons. The predicted octanol–water partition coefficient (Wildman–Crippen LogP) is 1.23. The zero-order valence-corrected chi connectivity index (χ0v) is 11.3. The van der Waals surface area contributed by atoms with E-state index in [0.717, 1.165) is 9.88 Å². The van der Waals surface area contributed by atoms with Gasteiger partial charge in [-0.25, -0.2) is 15.0 Å². The van der Waals surface area contributed by atoms with E-state index >= 15 is 0 Å². The summed E-state index contributed by atoms with van der Waals surface area (Å²) in [7, 11) is 1.55. The van der Waals surface area contributed by atoms with Gasteiger partial charge in [-0.3, -0.25) is 4.57 Å². The molecule has 0 saturated carbocycles. The highest BCUT2D eigenvalue weighted by Gasteiger charge is 2.15. The fraction of sp³-hybridized carbons (Fsp3) is 0.273. The van der Waals surface area contributed by atoms with Crippen LogP contribution < -0.4 is 10.5 Å². The molecule has 0 bridgehead atoms. The number of imidazole rings is 1. The van der Waals surface area contributed by atoms with Gasteiger partial charge >= 0.3 is 0 Å². The summed E-state index contributed by atoms with van der Waals surface area (Å²) in [5, 5.41) is 1.02. The lowest BCUT2D eigenvalue weighted by Gasteiger charge is -2.03. The number of rotatable bonds is 3. The Morgan fingerprint density at radius 2 is 2.21 bits per heavy atom. The summed E-state index contributed by atoms with van der Waals surface area (Å²) in [4.78, 5) is 17.8. The third kappa shape index (κ3) is 1.99. The molecule has 0 spiro atoms. The maximum atomic E-state index is 5.94. The predicted molar refractivity (Wildman–Crippen MR) is 72.2 cm³/mol. The first-order chi connectivity index (χ1) is 9.19. The third-order valence-electron chi connectivity index (χ3n) is 2.70. The summed E-state index contributed by atoms with van der Waals surface area (Å²) in [5.41, 5.74) is 7.18. The average molecular weight is 276 g/mol. The molecule has 0 atom stereocenters. The van der Waals surface area contributed by atoms with E-state index in [1.54, 1.807) is 18.4 Å². The van der Waals surface area contributed by atoms with Crippen molar-refractivity contribution in [1.82, 2.24) is 24.5 Å². The zero-order valence-electron chi connectivity index (χ0n) is 10.5. The number of thiazole rings is 1. The minimum Gasteiger partial charge on any atom is -0.479 e. The Morgan fingerprint density at radius 3 is 2.89 bits per heavy atom. The van der Waals surface area contributed by atoms with Crippen molar-refractivity contribution < 1.29 is 4.74 Å². The molecule has 0 fully saturated rings. The number of nitrogens with zero attached hydrogens (tertiary/aromatic N) is 5. The molecule has 7 nitrogen and oxygen atoms in total. The van der Waals surface area contributed by atoms with Gasteiger partial charge in [-0.2, -0.15) is 4.98 Å². The third-order valence-corrected chi connectivity index (χ3v) is 3.60. The topological polar surface area (TPSA) is 91.7 Å². The Morgan fingerprint density at radius 1 is 1.37 bits per heavy atom. The zero-order chi connectivity index (χ0) is 13.4. The summed E-state index contributed by atoms with van der Waals surface area (Å²) in [5.74, 6) is 0.816. The van der Waals surface area contributed by atoms with E-state index in [0.29, 0.717) is 29.5 Å². The molecule has 3 rings (SSSR count). The van der Waals surface area contributed by atoms with Crippen molar-refractivity contribution in [1.29, 1.82) is 0 Å². The van der Waals surface area contributed by atoms with Crippen molar-refractivity contribution in [2.45, 2.75) is 13.5 Å². The average Bonchev–Trinajstić information content (AvgIpc) is 2.94. The van der Waals surface area contributed by atoms with Gasteiger partial charge in [0.1, 0.15) is 6.33 Å². The van der Waals surface area contributed by atoms with Crippen molar-refractivity contribution in [2.75, 3.05) is 12.8 Å². The van der Waals surface area contributed by atoms with Crippen LogP contribution >= 0.6 is 11.3 Å². The van der Waals surface area contributed by atoms with Crippen molar-refractivity contribution in [2.24, 2.45) is 0 Å². The highest BCUT2D eigenvalue weighted by Crippen LogP contribution is 2.24. The van der Waals surface area contributed by atoms with Crippen molar-refractivity contribution in [3.05, 3.63) is 22.4 Å². The van der Waals surface area contributed by atoms with Gasteiger partial charge in [-0.05, 0) is 6.92 Å². The molecule has 2 N–H and O–H groups in total. The van der Waals surface area contributed by atoms with Crippen LogP contribution in [0.4, 0.5) is 5.95 Å². The van der Waals surface area contributed by atoms with Crippen LogP contribution in [0.15, 0.2) is 12.5 Å². The molecule has 3 aromatic heterocycles. The monoisotopic (exact) mass is 276 g/mol. The van der Waals surface area contributed by atoms with Gasteiger partial charge in [0.2, 0.25) is 11.8 Å². The maximum absolute atomic E-state index is 5.94. The first-order valence-electron chi connectivity index (χ1n) is 5.61. The highest BCUT2D eigenvalue weighted by molar-refractivity contribution is 7.11. The van der Waals surface area contributed by atoms with Gasteiger partial charge in [0, 0.05) is 11.1 Å². The number of aromatic nitrogens is 5. The summed E-state index contributed by atoms with van der Waals surface area (Å²) in [6.07, 6.45) is 3.28. The smallest absolute Gasteiger partial charge is 0.245 e. The summed E-state index contributed by atoms with van der Waals surface area (Å²) >= 11 is 1.62. The fourth-order valence-corrected chi connectivity index (χ4v) is 2.66. The van der Waals surface area contributed by atoms with Gasteiger partial charge in [-0.1, -0.05) is 0 Å². The Balaban J connectivity index is 2.10. The minimum atomic E-state index is 0.389. The Hall–Kier alpha value is -2.22. The van der Waals surface area contributed by atoms with Gasteiger partial charge < -0.3 is 10.5 Å². The van der Waals surface area contributed by atoms with Gasteiger partial charge in [0.05, 0.1) is 18.7 Å². The number of fused-ring (bicyclic) bond motifs is 1. The molecule has 8 heteroatoms. The second-order valence-electron chi connectivity index (χ2n) is 3.96. The van der Waals surface area contributed by atoms with Crippen LogP contribution in [0.3, 0.4) is 0 Å². The molecule has 19 heavy (non-hydrogen) atoms. The molecular weight excluding hydrogens is 264 g/mol. The van der Waals surface area contributed by atoms with Crippen LogP contribution in [0.25, 0.3) is 11.2 Å². The molecular formula is C11H12N6OS. The Labute approximate surface area is 113 Å².